The van der Waals surface area contributed by atoms with Crippen molar-refractivity contribution in [3.8, 4) is 11.8 Å². The second kappa shape index (κ2) is 20.1. The average molecular weight is 691 g/mol. The number of ether oxygens (including phenoxy) is 1. The Morgan fingerprint density at radius 2 is 1.78 bits per heavy atom. The van der Waals surface area contributed by atoms with Gasteiger partial charge in [-0.1, -0.05) is 103 Å². The van der Waals surface area contributed by atoms with E-state index in [1.165, 1.54) is 5.56 Å². The van der Waals surface area contributed by atoms with Crippen molar-refractivity contribution in [3.63, 3.8) is 0 Å². The molecule has 6 nitrogen and oxygen atoms in total. The second-order valence-electron chi connectivity index (χ2n) is 13.7. The largest absolute Gasteiger partial charge is 0.497 e. The van der Waals surface area contributed by atoms with Crippen molar-refractivity contribution in [3.05, 3.63) is 119 Å². The van der Waals surface area contributed by atoms with E-state index < -0.39 is 11.4 Å². The maximum absolute atomic E-state index is 11.3. The zero-order chi connectivity index (χ0) is 38.2. The monoisotopic (exact) mass is 690 g/mol. The lowest BCUT2D eigenvalue weighted by Crippen LogP contribution is -2.79. The summed E-state index contributed by atoms with van der Waals surface area (Å²) in [6, 6.07) is 19.0. The number of benzene rings is 3. The van der Waals surface area contributed by atoms with Crippen LogP contribution in [0.2, 0.25) is 0 Å². The molecule has 51 heavy (non-hydrogen) atoms. The number of carboxylic acids is 1. The van der Waals surface area contributed by atoms with Gasteiger partial charge in [-0.15, -0.1) is 0 Å². The molecular formula is C45H60N3O3+. The summed E-state index contributed by atoms with van der Waals surface area (Å²) in [7, 11) is 1.66. The average Bonchev–Trinajstić information content (AvgIpc) is 3.11. The van der Waals surface area contributed by atoms with Crippen molar-refractivity contribution in [1.29, 1.82) is 5.26 Å². The van der Waals surface area contributed by atoms with Gasteiger partial charge in [0.25, 0.3) is 0 Å². The van der Waals surface area contributed by atoms with E-state index in [1.54, 1.807) is 7.11 Å². The second-order valence-corrected chi connectivity index (χ2v) is 13.7. The highest BCUT2D eigenvalue weighted by atomic mass is 16.5. The minimum atomic E-state index is -0.818. The summed E-state index contributed by atoms with van der Waals surface area (Å²) in [6.45, 7) is 24.8. The molecule has 0 atom stereocenters. The van der Waals surface area contributed by atoms with Gasteiger partial charge in [0.1, 0.15) is 11.4 Å². The minimum Gasteiger partial charge on any atom is -0.497 e. The van der Waals surface area contributed by atoms with Crippen LogP contribution in [0.3, 0.4) is 0 Å². The molecule has 4 N–H and O–H groups in total. The van der Waals surface area contributed by atoms with Crippen LogP contribution in [0.15, 0.2) is 96.8 Å². The van der Waals surface area contributed by atoms with Crippen molar-refractivity contribution in [1.82, 2.24) is 5.32 Å². The smallest absolute Gasteiger partial charge is 0.309 e. The van der Waals surface area contributed by atoms with E-state index in [0.29, 0.717) is 18.5 Å². The zero-order valence-corrected chi connectivity index (χ0v) is 32.6. The molecule has 0 heterocycles. The molecule has 3 rings (SSSR count). The van der Waals surface area contributed by atoms with Crippen molar-refractivity contribution >= 4 is 34.1 Å². The normalized spacial score (nSPS) is 12.5. The number of nitrogens with zero attached hydrogens (tertiary/aromatic N) is 1. The van der Waals surface area contributed by atoms with E-state index in [1.807, 2.05) is 62.5 Å². The fourth-order valence-electron chi connectivity index (χ4n) is 6.11. The number of aliphatic carboxylic acids is 1. The summed E-state index contributed by atoms with van der Waals surface area (Å²) < 4.78 is 5.56. The predicted octanol–water partition coefficient (Wildman–Crippen LogP) is 10.2. The molecule has 0 radical (unpaired) electrons. The SMILES string of the molecule is C=C(c1cc(C)ccc1/C=C\C)C(C)(C)\C(=C/C=C(C#N)/C=C/CC(C)(C)c1c([NH2+]CCC(=O)O)ccc2ccc(OC)cc12)NCCC.CC. The van der Waals surface area contributed by atoms with Gasteiger partial charge in [-0.3, -0.25) is 4.79 Å². The van der Waals surface area contributed by atoms with E-state index in [0.717, 1.165) is 63.1 Å². The molecule has 0 aliphatic rings. The summed E-state index contributed by atoms with van der Waals surface area (Å²) in [5.41, 5.74) is 7.36. The Morgan fingerprint density at radius 1 is 1.08 bits per heavy atom. The number of allylic oxidation sites excluding steroid dienone is 7. The topological polar surface area (TPSA) is 99.0 Å². The number of quaternary nitrogens is 1. The molecule has 0 fully saturated rings. The van der Waals surface area contributed by atoms with Gasteiger partial charge in [0.05, 0.1) is 31.7 Å². The van der Waals surface area contributed by atoms with Crippen molar-refractivity contribution in [2.45, 2.75) is 87.0 Å². The van der Waals surface area contributed by atoms with E-state index in [-0.39, 0.29) is 11.8 Å². The van der Waals surface area contributed by atoms with Crippen LogP contribution in [-0.4, -0.2) is 31.3 Å². The molecule has 0 unspecified atom stereocenters. The van der Waals surface area contributed by atoms with Crippen LogP contribution in [0.25, 0.3) is 22.4 Å². The third-order valence-corrected chi connectivity index (χ3v) is 9.02. The molecule has 0 amide bonds. The Bertz CT molecular complexity index is 1820. The van der Waals surface area contributed by atoms with Gasteiger partial charge < -0.3 is 20.5 Å². The van der Waals surface area contributed by atoms with E-state index in [2.05, 4.69) is 108 Å². The standard InChI is InChI=1S/C43H53N3O3.C2H6/c1-10-13-33-17-15-30(3)27-36(33)31(4)43(7,8)39(46-25-11-2)22-16-32(29-44)14-12-24-42(5,6)41-37-28-35(49-9)20-18-34(37)19-21-38(41)45-26-23-40(47)48;1-2/h10,12-22,27-28,45-46H,4,11,23-26H2,1-3,5-9H3,(H,47,48);1-2H3/p+1/b13-10-,14-12+,32-16-,39-22+;. The number of methoxy groups -OCH3 is 1. The lowest BCUT2D eigenvalue weighted by molar-refractivity contribution is -0.571. The maximum Gasteiger partial charge on any atom is 0.309 e. The number of aryl methyl sites for hydroxylation is 1. The first kappa shape index (κ1) is 42.3. The van der Waals surface area contributed by atoms with E-state index >= 15 is 0 Å². The lowest BCUT2D eigenvalue weighted by atomic mass is 9.76. The highest BCUT2D eigenvalue weighted by Crippen LogP contribution is 2.41. The summed E-state index contributed by atoms with van der Waals surface area (Å²) in [5, 5.41) is 27.2. The number of nitriles is 1. The van der Waals surface area contributed by atoms with Gasteiger partial charge in [0.2, 0.25) is 0 Å². The predicted molar refractivity (Wildman–Crippen MR) is 216 cm³/mol. The molecule has 0 aliphatic carbocycles. The molecule has 0 saturated heterocycles. The first-order valence-corrected chi connectivity index (χ1v) is 18.1. The third kappa shape index (κ3) is 11.6. The molecule has 0 aromatic heterocycles. The first-order chi connectivity index (χ1) is 24.3. The van der Waals surface area contributed by atoms with E-state index in [9.17, 15) is 15.2 Å². The number of nitrogens with two attached hydrogens (primary N) is 1. The number of nitrogens with one attached hydrogen (secondary N) is 1. The number of carboxylic acid groups (broad SMARTS) is 1. The van der Waals surface area contributed by atoms with Gasteiger partial charge in [-0.2, -0.15) is 5.26 Å². The highest BCUT2D eigenvalue weighted by molar-refractivity contribution is 5.91. The zero-order valence-electron chi connectivity index (χ0n) is 32.6. The number of fused-ring (bicyclic) bond motifs is 1. The van der Waals surface area contributed by atoms with Crippen molar-refractivity contribution < 1.29 is 20.0 Å². The van der Waals surface area contributed by atoms with Gasteiger partial charge in [0.15, 0.2) is 0 Å². The fraction of sp³-hybridized carbons (Fsp3) is 0.378. The van der Waals surface area contributed by atoms with E-state index in [4.69, 9.17) is 4.74 Å². The van der Waals surface area contributed by atoms with Gasteiger partial charge >= 0.3 is 5.97 Å². The van der Waals surface area contributed by atoms with Gasteiger partial charge in [-0.05, 0) is 102 Å². The number of rotatable bonds is 17. The number of hydrogen-bond acceptors (Lipinski definition) is 4. The summed E-state index contributed by atoms with van der Waals surface area (Å²) in [5.74, 6) is -0.0514. The summed E-state index contributed by atoms with van der Waals surface area (Å²) >= 11 is 0. The number of hydrogen-bond donors (Lipinski definition) is 3. The first-order valence-electron chi connectivity index (χ1n) is 18.1. The van der Waals surface area contributed by atoms with Crippen LogP contribution in [-0.2, 0) is 10.2 Å². The molecule has 0 saturated carbocycles. The summed E-state index contributed by atoms with van der Waals surface area (Å²) in [6.07, 6.45) is 13.7. The molecule has 0 aliphatic heterocycles. The Morgan fingerprint density at radius 3 is 2.41 bits per heavy atom. The molecule has 272 valence electrons. The van der Waals surface area contributed by atoms with Crippen molar-refractivity contribution in [2.24, 2.45) is 5.41 Å². The fourth-order valence-corrected chi connectivity index (χ4v) is 6.11. The molecule has 6 heteroatoms. The lowest BCUT2D eigenvalue weighted by Gasteiger charge is -2.32. The highest BCUT2D eigenvalue weighted by Gasteiger charge is 2.29. The Kier molecular flexibility index (Phi) is 16.7. The Balaban J connectivity index is 0.00000442. The van der Waals surface area contributed by atoms with Crippen LogP contribution in [0.5, 0.6) is 5.75 Å². The molecular weight excluding hydrogens is 631 g/mol. The summed E-state index contributed by atoms with van der Waals surface area (Å²) in [4.78, 5) is 11.3. The van der Waals surface area contributed by atoms with Gasteiger partial charge in [-0.25, -0.2) is 0 Å². The maximum atomic E-state index is 11.3. The minimum absolute atomic E-state index is 0.0704. The van der Waals surface area contributed by atoms with Gasteiger partial charge in [0, 0.05) is 23.2 Å². The Labute approximate surface area is 307 Å². The molecule has 3 aromatic rings. The van der Waals surface area contributed by atoms with Crippen LogP contribution < -0.4 is 15.4 Å². The van der Waals surface area contributed by atoms with Crippen LogP contribution in [0, 0.1) is 23.7 Å². The molecule has 0 spiro atoms. The Hall–Kier alpha value is -4.86. The van der Waals surface area contributed by atoms with Crippen LogP contribution >= 0.6 is 0 Å². The van der Waals surface area contributed by atoms with Crippen LogP contribution in [0.1, 0.15) is 96.9 Å². The third-order valence-electron chi connectivity index (χ3n) is 9.02. The van der Waals surface area contributed by atoms with Crippen molar-refractivity contribution in [2.75, 3.05) is 20.2 Å². The van der Waals surface area contributed by atoms with Crippen LogP contribution in [0.4, 0.5) is 5.69 Å². The molecule has 3 aromatic carbocycles. The number of carbonyl (C=O) groups is 1. The quantitative estimate of drug-likeness (QED) is 0.0744. The molecule has 0 bridgehead atoms.